The number of anilines is 1. The lowest BCUT2D eigenvalue weighted by Crippen LogP contribution is -2.25. The Balaban J connectivity index is 2.55. The van der Waals surface area contributed by atoms with E-state index in [4.69, 9.17) is 9.47 Å². The minimum atomic E-state index is -0.445. The highest BCUT2D eigenvalue weighted by Gasteiger charge is 2.19. The molecule has 0 aliphatic rings. The van der Waals surface area contributed by atoms with E-state index in [0.717, 1.165) is 6.54 Å². The molecule has 0 aliphatic heterocycles. The molecular weight excluding hydrogens is 250 g/mol. The summed E-state index contributed by atoms with van der Waals surface area (Å²) in [4.78, 5) is 10.6. The summed E-state index contributed by atoms with van der Waals surface area (Å²) < 4.78 is 9.89. The van der Waals surface area contributed by atoms with E-state index in [1.54, 1.807) is 25.3 Å². The van der Waals surface area contributed by atoms with Gasteiger partial charge in [0.15, 0.2) is 5.75 Å². The fraction of sp³-hybridized carbons (Fsp3) is 0.500. The van der Waals surface area contributed by atoms with E-state index >= 15 is 0 Å². The molecule has 0 aromatic heterocycles. The minimum absolute atomic E-state index is 0.0399. The van der Waals surface area contributed by atoms with Crippen LogP contribution in [0, 0.1) is 10.1 Å². The molecule has 7 nitrogen and oxygen atoms in total. The van der Waals surface area contributed by atoms with Gasteiger partial charge in [-0.05, 0) is 12.1 Å². The second-order valence-electron chi connectivity index (χ2n) is 3.78. The number of benzene rings is 1. The third-order valence-electron chi connectivity index (χ3n) is 2.50. The highest BCUT2D eigenvalue weighted by atomic mass is 16.6. The average Bonchev–Trinajstić information content (AvgIpc) is 2.42. The van der Waals surface area contributed by atoms with Gasteiger partial charge in [-0.1, -0.05) is 6.07 Å². The van der Waals surface area contributed by atoms with Crippen molar-refractivity contribution in [2.24, 2.45) is 0 Å². The van der Waals surface area contributed by atoms with Gasteiger partial charge in [0.25, 0.3) is 0 Å². The molecule has 7 heteroatoms. The lowest BCUT2D eigenvalue weighted by atomic mass is 10.2. The van der Waals surface area contributed by atoms with Crippen LogP contribution in [0.2, 0.25) is 0 Å². The summed E-state index contributed by atoms with van der Waals surface area (Å²) in [7, 11) is 3.05. The molecule has 0 saturated heterocycles. The Bertz CT molecular complexity index is 412. The molecule has 0 saturated carbocycles. The lowest BCUT2D eigenvalue weighted by Gasteiger charge is -2.10. The summed E-state index contributed by atoms with van der Waals surface area (Å²) in [6.07, 6.45) is 0. The van der Waals surface area contributed by atoms with E-state index in [1.165, 1.54) is 7.11 Å². The molecule has 0 atom stereocenters. The summed E-state index contributed by atoms with van der Waals surface area (Å²) in [5.41, 5.74) is 0.416. The Labute approximate surface area is 112 Å². The van der Waals surface area contributed by atoms with E-state index in [0.29, 0.717) is 25.4 Å². The topological polar surface area (TPSA) is 85.7 Å². The minimum Gasteiger partial charge on any atom is -0.490 e. The number of nitrogens with zero attached hydrogens (tertiary/aromatic N) is 1. The fourth-order valence-electron chi connectivity index (χ4n) is 1.60. The molecule has 0 radical (unpaired) electrons. The van der Waals surface area contributed by atoms with E-state index in [1.807, 2.05) is 0 Å². The van der Waals surface area contributed by atoms with Crippen LogP contribution >= 0.6 is 0 Å². The third kappa shape index (κ3) is 4.72. The number of hydrogen-bond acceptors (Lipinski definition) is 6. The number of rotatable bonds is 9. The van der Waals surface area contributed by atoms with E-state index in [2.05, 4.69) is 10.6 Å². The molecule has 0 bridgehead atoms. The van der Waals surface area contributed by atoms with E-state index in [-0.39, 0.29) is 11.4 Å². The highest BCUT2D eigenvalue weighted by Crippen LogP contribution is 2.34. The van der Waals surface area contributed by atoms with E-state index in [9.17, 15) is 10.1 Å². The maximum Gasteiger partial charge on any atom is 0.333 e. The maximum absolute atomic E-state index is 11.0. The predicted molar refractivity (Wildman–Crippen MR) is 72.9 cm³/mol. The quantitative estimate of drug-likeness (QED) is 0.398. The molecule has 2 N–H and O–H groups in total. The second kappa shape index (κ2) is 8.28. The van der Waals surface area contributed by atoms with Crippen molar-refractivity contribution in [2.45, 2.75) is 0 Å². The number of ether oxygens (including phenoxy) is 2. The summed E-state index contributed by atoms with van der Waals surface area (Å²) in [5.74, 6) is 0.252. The van der Waals surface area contributed by atoms with Crippen LogP contribution in [0.15, 0.2) is 18.2 Å². The second-order valence-corrected chi connectivity index (χ2v) is 3.78. The smallest absolute Gasteiger partial charge is 0.333 e. The lowest BCUT2D eigenvalue weighted by molar-refractivity contribution is -0.384. The van der Waals surface area contributed by atoms with Crippen molar-refractivity contribution in [1.82, 2.24) is 5.32 Å². The average molecular weight is 269 g/mol. The summed E-state index contributed by atoms with van der Waals surface area (Å²) in [6, 6.07) is 4.95. The van der Waals surface area contributed by atoms with Gasteiger partial charge in [0, 0.05) is 26.7 Å². The van der Waals surface area contributed by atoms with Crippen LogP contribution in [0.4, 0.5) is 11.4 Å². The SMILES string of the molecule is COCCNCCNc1cccc(OC)c1[N+](=O)[O-]. The first-order valence-corrected chi connectivity index (χ1v) is 5.95. The Kier molecular flexibility index (Phi) is 6.62. The van der Waals surface area contributed by atoms with Gasteiger partial charge in [-0.2, -0.15) is 0 Å². The van der Waals surface area contributed by atoms with Crippen molar-refractivity contribution in [3.05, 3.63) is 28.3 Å². The van der Waals surface area contributed by atoms with Crippen molar-refractivity contribution < 1.29 is 14.4 Å². The van der Waals surface area contributed by atoms with Crippen molar-refractivity contribution in [2.75, 3.05) is 45.8 Å². The number of methoxy groups -OCH3 is 2. The Morgan fingerprint density at radius 3 is 2.68 bits per heavy atom. The van der Waals surface area contributed by atoms with Gasteiger partial charge >= 0.3 is 5.69 Å². The number of nitrogens with one attached hydrogen (secondary N) is 2. The van der Waals surface area contributed by atoms with Crippen LogP contribution in [0.25, 0.3) is 0 Å². The van der Waals surface area contributed by atoms with Crippen molar-refractivity contribution in [1.29, 1.82) is 0 Å². The molecule has 0 spiro atoms. The van der Waals surface area contributed by atoms with Gasteiger partial charge in [-0.3, -0.25) is 10.1 Å². The molecule has 1 aromatic carbocycles. The van der Waals surface area contributed by atoms with Crippen LogP contribution in [-0.2, 0) is 4.74 Å². The Hall–Kier alpha value is -1.86. The molecule has 19 heavy (non-hydrogen) atoms. The number of nitro groups is 1. The molecule has 0 fully saturated rings. The third-order valence-corrected chi connectivity index (χ3v) is 2.50. The molecular formula is C12H19N3O4. The van der Waals surface area contributed by atoms with Crippen LogP contribution in [-0.4, -0.2) is 45.4 Å². The Morgan fingerprint density at radius 2 is 2.05 bits per heavy atom. The van der Waals surface area contributed by atoms with Gasteiger partial charge < -0.3 is 20.1 Å². The normalized spacial score (nSPS) is 10.2. The first-order chi connectivity index (χ1) is 9.20. The van der Waals surface area contributed by atoms with Gasteiger partial charge in [0.1, 0.15) is 5.69 Å². The molecule has 0 heterocycles. The summed E-state index contributed by atoms with van der Waals surface area (Å²) in [5, 5.41) is 17.2. The van der Waals surface area contributed by atoms with Crippen LogP contribution in [0.5, 0.6) is 5.75 Å². The zero-order valence-corrected chi connectivity index (χ0v) is 11.1. The molecule has 1 rings (SSSR count). The monoisotopic (exact) mass is 269 g/mol. The van der Waals surface area contributed by atoms with Gasteiger partial charge in [-0.15, -0.1) is 0 Å². The van der Waals surface area contributed by atoms with Crippen LogP contribution in [0.1, 0.15) is 0 Å². The number of para-hydroxylation sites is 1. The fourth-order valence-corrected chi connectivity index (χ4v) is 1.60. The molecule has 0 amide bonds. The molecule has 0 aliphatic carbocycles. The standard InChI is InChI=1S/C12H19N3O4/c1-18-9-8-13-6-7-14-10-4-3-5-11(19-2)12(10)15(16)17/h3-5,13-14H,6-9H2,1-2H3. The number of nitro benzene ring substituents is 1. The zero-order chi connectivity index (χ0) is 14.1. The summed E-state index contributed by atoms with van der Waals surface area (Å²) in [6.45, 7) is 2.66. The molecule has 1 aromatic rings. The van der Waals surface area contributed by atoms with Gasteiger partial charge in [0.2, 0.25) is 0 Å². The van der Waals surface area contributed by atoms with Crippen molar-refractivity contribution in [3.63, 3.8) is 0 Å². The van der Waals surface area contributed by atoms with E-state index < -0.39 is 4.92 Å². The van der Waals surface area contributed by atoms with Crippen LogP contribution in [0.3, 0.4) is 0 Å². The maximum atomic E-state index is 11.0. The van der Waals surface area contributed by atoms with Gasteiger partial charge in [-0.25, -0.2) is 0 Å². The first kappa shape index (κ1) is 15.2. The van der Waals surface area contributed by atoms with Crippen molar-refractivity contribution >= 4 is 11.4 Å². The summed E-state index contributed by atoms with van der Waals surface area (Å²) >= 11 is 0. The number of hydrogen-bond donors (Lipinski definition) is 2. The van der Waals surface area contributed by atoms with Gasteiger partial charge in [0.05, 0.1) is 18.6 Å². The molecule has 106 valence electrons. The Morgan fingerprint density at radius 1 is 1.26 bits per heavy atom. The van der Waals surface area contributed by atoms with Crippen molar-refractivity contribution in [3.8, 4) is 5.75 Å². The largest absolute Gasteiger partial charge is 0.490 e. The predicted octanol–water partition coefficient (Wildman–Crippen LogP) is 1.25. The zero-order valence-electron chi connectivity index (χ0n) is 11.1. The first-order valence-electron chi connectivity index (χ1n) is 5.95. The van der Waals surface area contributed by atoms with Crippen LogP contribution < -0.4 is 15.4 Å². The molecule has 0 unspecified atom stereocenters. The highest BCUT2D eigenvalue weighted by molar-refractivity contribution is 5.68.